The molecular weight excluding hydrogens is 164 g/mol. The SMILES string of the molecule is CCn1cnnc1C1CCNC1C. The van der Waals surface area contributed by atoms with Crippen LogP contribution in [0.2, 0.25) is 0 Å². The molecule has 0 amide bonds. The Labute approximate surface area is 78.4 Å². The molecule has 72 valence electrons. The van der Waals surface area contributed by atoms with E-state index in [1.54, 1.807) is 0 Å². The van der Waals surface area contributed by atoms with Crippen LogP contribution >= 0.6 is 0 Å². The van der Waals surface area contributed by atoms with Gasteiger partial charge in [-0.25, -0.2) is 0 Å². The van der Waals surface area contributed by atoms with Crippen LogP contribution in [0.4, 0.5) is 0 Å². The van der Waals surface area contributed by atoms with Crippen LogP contribution in [0.3, 0.4) is 0 Å². The number of nitrogens with zero attached hydrogens (tertiary/aromatic N) is 3. The third-order valence-corrected chi connectivity index (χ3v) is 2.84. The summed E-state index contributed by atoms with van der Waals surface area (Å²) in [5.41, 5.74) is 0. The van der Waals surface area contributed by atoms with Crippen molar-refractivity contribution in [1.82, 2.24) is 20.1 Å². The van der Waals surface area contributed by atoms with Crippen LogP contribution < -0.4 is 5.32 Å². The first-order valence-corrected chi connectivity index (χ1v) is 4.94. The maximum Gasteiger partial charge on any atom is 0.137 e. The summed E-state index contributed by atoms with van der Waals surface area (Å²) in [6.45, 7) is 6.40. The molecule has 1 aromatic rings. The topological polar surface area (TPSA) is 42.7 Å². The molecule has 1 fully saturated rings. The van der Waals surface area contributed by atoms with Crippen molar-refractivity contribution >= 4 is 0 Å². The summed E-state index contributed by atoms with van der Waals surface area (Å²) in [6.07, 6.45) is 3.00. The second-order valence-corrected chi connectivity index (χ2v) is 3.61. The lowest BCUT2D eigenvalue weighted by Crippen LogP contribution is -2.23. The van der Waals surface area contributed by atoms with Crippen molar-refractivity contribution in [2.24, 2.45) is 0 Å². The molecule has 2 atom stereocenters. The van der Waals surface area contributed by atoms with Gasteiger partial charge in [0.1, 0.15) is 12.2 Å². The van der Waals surface area contributed by atoms with Gasteiger partial charge < -0.3 is 9.88 Å². The van der Waals surface area contributed by atoms with Gasteiger partial charge in [-0.15, -0.1) is 10.2 Å². The summed E-state index contributed by atoms with van der Waals surface area (Å²) < 4.78 is 2.13. The molecule has 1 aliphatic rings. The third kappa shape index (κ3) is 1.46. The van der Waals surface area contributed by atoms with Gasteiger partial charge in [0.15, 0.2) is 0 Å². The Balaban J connectivity index is 2.23. The molecule has 1 aliphatic heterocycles. The molecule has 1 aromatic heterocycles. The molecule has 4 heteroatoms. The molecule has 13 heavy (non-hydrogen) atoms. The minimum absolute atomic E-state index is 0.537. The second-order valence-electron chi connectivity index (χ2n) is 3.61. The van der Waals surface area contributed by atoms with Crippen LogP contribution in [0.15, 0.2) is 6.33 Å². The second kappa shape index (κ2) is 3.46. The monoisotopic (exact) mass is 180 g/mol. The highest BCUT2D eigenvalue weighted by Gasteiger charge is 2.27. The van der Waals surface area contributed by atoms with Crippen molar-refractivity contribution in [3.8, 4) is 0 Å². The number of nitrogens with one attached hydrogen (secondary N) is 1. The van der Waals surface area contributed by atoms with Gasteiger partial charge in [0, 0.05) is 18.5 Å². The highest BCUT2D eigenvalue weighted by atomic mass is 15.3. The van der Waals surface area contributed by atoms with Crippen LogP contribution in [0.1, 0.15) is 32.0 Å². The molecule has 0 aromatic carbocycles. The minimum atomic E-state index is 0.537. The van der Waals surface area contributed by atoms with Crippen LogP contribution in [0, 0.1) is 0 Å². The summed E-state index contributed by atoms with van der Waals surface area (Å²) in [4.78, 5) is 0. The first-order valence-electron chi connectivity index (χ1n) is 4.94. The van der Waals surface area contributed by atoms with E-state index in [-0.39, 0.29) is 0 Å². The number of aromatic nitrogens is 3. The maximum absolute atomic E-state index is 4.19. The molecule has 2 heterocycles. The van der Waals surface area contributed by atoms with E-state index in [0.29, 0.717) is 12.0 Å². The Morgan fingerprint density at radius 2 is 2.54 bits per heavy atom. The Kier molecular flexibility index (Phi) is 2.31. The van der Waals surface area contributed by atoms with E-state index < -0.39 is 0 Å². The molecule has 4 nitrogen and oxygen atoms in total. The number of rotatable bonds is 2. The van der Waals surface area contributed by atoms with Gasteiger partial charge in [0.2, 0.25) is 0 Å². The Bertz CT molecular complexity index is 281. The van der Waals surface area contributed by atoms with Crippen LogP contribution in [0.25, 0.3) is 0 Å². The van der Waals surface area contributed by atoms with E-state index in [1.807, 2.05) is 6.33 Å². The van der Waals surface area contributed by atoms with Crippen molar-refractivity contribution in [1.29, 1.82) is 0 Å². The fourth-order valence-corrected chi connectivity index (χ4v) is 2.01. The predicted molar refractivity (Wildman–Crippen MR) is 50.5 cm³/mol. The zero-order valence-electron chi connectivity index (χ0n) is 8.20. The van der Waals surface area contributed by atoms with E-state index in [2.05, 4.69) is 33.9 Å². The van der Waals surface area contributed by atoms with E-state index in [4.69, 9.17) is 0 Å². The highest BCUT2D eigenvalue weighted by molar-refractivity contribution is 5.04. The normalized spacial score (nSPS) is 28.2. The van der Waals surface area contributed by atoms with Gasteiger partial charge in [-0.2, -0.15) is 0 Å². The summed E-state index contributed by atoms with van der Waals surface area (Å²) in [5, 5.41) is 11.6. The lowest BCUT2D eigenvalue weighted by molar-refractivity contribution is 0.536. The minimum Gasteiger partial charge on any atom is -0.318 e. The van der Waals surface area contributed by atoms with Gasteiger partial charge in [-0.05, 0) is 26.8 Å². The number of hydrogen-bond acceptors (Lipinski definition) is 3. The fourth-order valence-electron chi connectivity index (χ4n) is 2.01. The van der Waals surface area contributed by atoms with Crippen molar-refractivity contribution in [2.75, 3.05) is 6.54 Å². The third-order valence-electron chi connectivity index (χ3n) is 2.84. The lowest BCUT2D eigenvalue weighted by Gasteiger charge is -2.14. The smallest absolute Gasteiger partial charge is 0.137 e. The quantitative estimate of drug-likeness (QED) is 0.730. The van der Waals surface area contributed by atoms with Gasteiger partial charge in [-0.3, -0.25) is 0 Å². The zero-order chi connectivity index (χ0) is 9.26. The zero-order valence-corrected chi connectivity index (χ0v) is 8.20. The first-order chi connectivity index (χ1) is 6.33. The van der Waals surface area contributed by atoms with E-state index >= 15 is 0 Å². The van der Waals surface area contributed by atoms with Gasteiger partial charge in [0.05, 0.1) is 0 Å². The summed E-state index contributed by atoms with van der Waals surface area (Å²) in [7, 11) is 0. The van der Waals surface area contributed by atoms with Crippen molar-refractivity contribution in [3.05, 3.63) is 12.2 Å². The largest absolute Gasteiger partial charge is 0.318 e. The van der Waals surface area contributed by atoms with Crippen molar-refractivity contribution in [3.63, 3.8) is 0 Å². The van der Waals surface area contributed by atoms with E-state index in [9.17, 15) is 0 Å². The molecule has 0 saturated carbocycles. The highest BCUT2D eigenvalue weighted by Crippen LogP contribution is 2.25. The Morgan fingerprint density at radius 3 is 3.15 bits per heavy atom. The molecule has 2 unspecified atom stereocenters. The Hall–Kier alpha value is -0.900. The van der Waals surface area contributed by atoms with Gasteiger partial charge >= 0.3 is 0 Å². The molecule has 1 saturated heterocycles. The lowest BCUT2D eigenvalue weighted by atomic mass is 10.0. The predicted octanol–water partition coefficient (Wildman–Crippen LogP) is 0.763. The molecule has 1 N–H and O–H groups in total. The van der Waals surface area contributed by atoms with Crippen molar-refractivity contribution in [2.45, 2.75) is 38.8 Å². The molecule has 0 spiro atoms. The fraction of sp³-hybridized carbons (Fsp3) is 0.778. The molecule has 0 radical (unpaired) electrons. The average Bonchev–Trinajstić information content (AvgIpc) is 2.71. The van der Waals surface area contributed by atoms with Crippen LogP contribution in [-0.2, 0) is 6.54 Å². The molecule has 0 bridgehead atoms. The van der Waals surface area contributed by atoms with E-state index in [0.717, 1.165) is 18.9 Å². The number of aryl methyl sites for hydroxylation is 1. The maximum atomic E-state index is 4.19. The average molecular weight is 180 g/mol. The summed E-state index contributed by atoms with van der Waals surface area (Å²) in [5.74, 6) is 1.68. The molecule has 2 rings (SSSR count). The Morgan fingerprint density at radius 1 is 1.69 bits per heavy atom. The first kappa shape index (κ1) is 8.69. The standard InChI is InChI=1S/C9H16N4/c1-3-13-6-11-12-9(13)8-4-5-10-7(8)2/h6-8,10H,3-5H2,1-2H3. The van der Waals surface area contributed by atoms with E-state index in [1.165, 1.54) is 6.42 Å². The molecular formula is C9H16N4. The molecule has 0 aliphatic carbocycles. The number of hydrogen-bond donors (Lipinski definition) is 1. The van der Waals surface area contributed by atoms with Gasteiger partial charge in [0.25, 0.3) is 0 Å². The van der Waals surface area contributed by atoms with Crippen molar-refractivity contribution < 1.29 is 0 Å². The summed E-state index contributed by atoms with van der Waals surface area (Å²) in [6, 6.07) is 0.537. The van der Waals surface area contributed by atoms with Crippen LogP contribution in [-0.4, -0.2) is 27.4 Å². The van der Waals surface area contributed by atoms with Crippen LogP contribution in [0.5, 0.6) is 0 Å². The summed E-state index contributed by atoms with van der Waals surface area (Å²) >= 11 is 0. The van der Waals surface area contributed by atoms with Gasteiger partial charge in [-0.1, -0.05) is 0 Å².